The maximum atomic E-state index is 12.6. The fourth-order valence-electron chi connectivity index (χ4n) is 4.16. The number of benzene rings is 2. The molecule has 9 nitrogen and oxygen atoms in total. The number of carbonyl (C=O) groups excluding carboxylic acids is 1. The number of methoxy groups -OCH3 is 4. The van der Waals surface area contributed by atoms with Crippen molar-refractivity contribution in [3.8, 4) is 28.7 Å². The zero-order valence-corrected chi connectivity index (χ0v) is 18.7. The standard InChI is InChI=1S/C24H24N2O7/c1-30-15-7-5-14(6-8-15)26-12-17(24(28)29)21-22(26)16(11-20(27)25-21)13-9-18(31-2)23(33-4)19(10-13)32-3/h5-10,12,16H,11H2,1-4H3,(H,25,27)(H,28,29)/t16-/m1/s1. The first kappa shape index (κ1) is 22.1. The van der Waals surface area contributed by atoms with E-state index in [-0.39, 0.29) is 23.6 Å². The van der Waals surface area contributed by atoms with Crippen LogP contribution in [0.3, 0.4) is 0 Å². The molecule has 9 heteroatoms. The van der Waals surface area contributed by atoms with Crippen molar-refractivity contribution in [2.75, 3.05) is 33.8 Å². The highest BCUT2D eigenvalue weighted by molar-refractivity contribution is 6.04. The lowest BCUT2D eigenvalue weighted by Crippen LogP contribution is -2.25. The minimum atomic E-state index is -1.13. The third kappa shape index (κ3) is 3.82. The van der Waals surface area contributed by atoms with Crippen molar-refractivity contribution in [2.24, 2.45) is 0 Å². The molecular weight excluding hydrogens is 428 g/mol. The van der Waals surface area contributed by atoms with Gasteiger partial charge in [0.15, 0.2) is 11.5 Å². The summed E-state index contributed by atoms with van der Waals surface area (Å²) < 4.78 is 23.4. The van der Waals surface area contributed by atoms with E-state index in [0.717, 1.165) is 11.3 Å². The monoisotopic (exact) mass is 452 g/mol. The lowest BCUT2D eigenvalue weighted by atomic mass is 9.87. The number of aromatic nitrogens is 1. The van der Waals surface area contributed by atoms with E-state index < -0.39 is 11.9 Å². The van der Waals surface area contributed by atoms with Crippen LogP contribution in [0.25, 0.3) is 5.69 Å². The Balaban J connectivity index is 1.96. The maximum Gasteiger partial charge on any atom is 0.339 e. The van der Waals surface area contributed by atoms with Crippen LogP contribution in [0.5, 0.6) is 23.0 Å². The van der Waals surface area contributed by atoms with Crippen LogP contribution in [-0.2, 0) is 4.79 Å². The molecule has 1 aliphatic rings. The van der Waals surface area contributed by atoms with Crippen LogP contribution in [0.4, 0.5) is 5.69 Å². The molecule has 0 saturated carbocycles. The first-order valence-corrected chi connectivity index (χ1v) is 10.1. The average Bonchev–Trinajstić information content (AvgIpc) is 3.22. The highest BCUT2D eigenvalue weighted by Gasteiger charge is 2.35. The molecular formula is C24H24N2O7. The molecule has 172 valence electrons. The van der Waals surface area contributed by atoms with Crippen LogP contribution in [0.2, 0.25) is 0 Å². The number of fused-ring (bicyclic) bond motifs is 1. The molecule has 1 amide bonds. The largest absolute Gasteiger partial charge is 0.497 e. The van der Waals surface area contributed by atoms with Crippen LogP contribution in [-0.4, -0.2) is 50.0 Å². The molecule has 2 heterocycles. The number of carboxylic acids is 1. The third-order valence-corrected chi connectivity index (χ3v) is 5.70. The van der Waals surface area contributed by atoms with Gasteiger partial charge in [-0.1, -0.05) is 0 Å². The van der Waals surface area contributed by atoms with Crippen molar-refractivity contribution >= 4 is 17.6 Å². The minimum absolute atomic E-state index is 0.00584. The Bertz CT molecular complexity index is 1190. The van der Waals surface area contributed by atoms with Crippen LogP contribution < -0.4 is 24.3 Å². The molecule has 0 radical (unpaired) electrons. The SMILES string of the molecule is COc1ccc(-n2cc(C(=O)O)c3c2[C@@H](c2cc(OC)c(OC)c(OC)c2)CC(=O)N3)cc1. The summed E-state index contributed by atoms with van der Waals surface area (Å²) in [7, 11) is 6.12. The molecule has 0 spiro atoms. The molecule has 33 heavy (non-hydrogen) atoms. The molecule has 1 aliphatic heterocycles. The lowest BCUT2D eigenvalue weighted by Gasteiger charge is -2.27. The second-order valence-corrected chi connectivity index (χ2v) is 7.44. The van der Waals surface area contributed by atoms with Gasteiger partial charge in [-0.2, -0.15) is 0 Å². The van der Waals surface area contributed by atoms with Crippen molar-refractivity contribution in [1.82, 2.24) is 4.57 Å². The van der Waals surface area contributed by atoms with E-state index >= 15 is 0 Å². The minimum Gasteiger partial charge on any atom is -0.497 e. The van der Waals surface area contributed by atoms with E-state index in [1.54, 1.807) is 35.9 Å². The van der Waals surface area contributed by atoms with Gasteiger partial charge in [0.1, 0.15) is 11.3 Å². The number of amides is 1. The summed E-state index contributed by atoms with van der Waals surface area (Å²) in [6, 6.07) is 10.8. The van der Waals surface area contributed by atoms with Gasteiger partial charge in [-0.3, -0.25) is 4.79 Å². The van der Waals surface area contributed by atoms with Gasteiger partial charge < -0.3 is 33.9 Å². The van der Waals surface area contributed by atoms with Crippen molar-refractivity contribution in [3.63, 3.8) is 0 Å². The first-order valence-electron chi connectivity index (χ1n) is 10.1. The maximum absolute atomic E-state index is 12.6. The summed E-state index contributed by atoms with van der Waals surface area (Å²) in [6.07, 6.45) is 1.64. The molecule has 0 unspecified atom stereocenters. The third-order valence-electron chi connectivity index (χ3n) is 5.70. The number of anilines is 1. The molecule has 4 rings (SSSR count). The molecule has 1 aromatic heterocycles. The van der Waals surface area contributed by atoms with Crippen molar-refractivity contribution in [2.45, 2.75) is 12.3 Å². The normalized spacial score (nSPS) is 14.8. The van der Waals surface area contributed by atoms with Crippen LogP contribution in [0.15, 0.2) is 42.6 Å². The fraction of sp³-hybridized carbons (Fsp3) is 0.250. The number of aromatic carboxylic acids is 1. The first-order chi connectivity index (χ1) is 15.9. The number of hydrogen-bond donors (Lipinski definition) is 2. The summed E-state index contributed by atoms with van der Waals surface area (Å²) in [6.45, 7) is 0. The Morgan fingerprint density at radius 1 is 1.00 bits per heavy atom. The van der Waals surface area contributed by atoms with E-state index in [2.05, 4.69) is 5.32 Å². The van der Waals surface area contributed by atoms with Crippen molar-refractivity contribution in [3.05, 3.63) is 59.4 Å². The highest BCUT2D eigenvalue weighted by Crippen LogP contribution is 2.46. The summed E-state index contributed by atoms with van der Waals surface area (Å²) >= 11 is 0. The van der Waals surface area contributed by atoms with Crippen molar-refractivity contribution in [1.29, 1.82) is 0 Å². The van der Waals surface area contributed by atoms with Gasteiger partial charge in [-0.15, -0.1) is 0 Å². The predicted octanol–water partition coefficient (Wildman–Crippen LogP) is 3.68. The van der Waals surface area contributed by atoms with E-state index in [9.17, 15) is 14.7 Å². The summed E-state index contributed by atoms with van der Waals surface area (Å²) in [4.78, 5) is 24.6. The number of rotatable bonds is 7. The van der Waals surface area contributed by atoms with Gasteiger partial charge in [0.05, 0.1) is 39.8 Å². The second kappa shape index (κ2) is 8.78. The van der Waals surface area contributed by atoms with E-state index in [1.165, 1.54) is 27.5 Å². The van der Waals surface area contributed by atoms with Gasteiger partial charge in [0, 0.05) is 24.2 Å². The molecule has 0 bridgehead atoms. The van der Waals surface area contributed by atoms with E-state index in [0.29, 0.717) is 28.7 Å². The van der Waals surface area contributed by atoms with Crippen LogP contribution >= 0.6 is 0 Å². The van der Waals surface area contributed by atoms with Gasteiger partial charge >= 0.3 is 5.97 Å². The fourth-order valence-corrected chi connectivity index (χ4v) is 4.16. The molecule has 3 aromatic rings. The summed E-state index contributed by atoms with van der Waals surface area (Å²) in [5, 5.41) is 12.6. The quantitative estimate of drug-likeness (QED) is 0.563. The Kier molecular flexibility index (Phi) is 5.87. The Morgan fingerprint density at radius 3 is 2.15 bits per heavy atom. The number of nitrogens with one attached hydrogen (secondary N) is 1. The average molecular weight is 452 g/mol. The van der Waals surface area contributed by atoms with Crippen molar-refractivity contribution < 1.29 is 33.6 Å². The van der Waals surface area contributed by atoms with Gasteiger partial charge in [-0.05, 0) is 42.0 Å². The number of hydrogen-bond acceptors (Lipinski definition) is 6. The van der Waals surface area contributed by atoms with Crippen LogP contribution in [0, 0.1) is 0 Å². The predicted molar refractivity (Wildman–Crippen MR) is 120 cm³/mol. The number of carboxylic acid groups (broad SMARTS) is 1. The molecule has 0 saturated heterocycles. The Hall–Kier alpha value is -4.14. The number of nitrogens with zero attached hydrogens (tertiary/aromatic N) is 1. The topological polar surface area (TPSA) is 108 Å². The molecule has 0 fully saturated rings. The number of carbonyl (C=O) groups is 2. The molecule has 2 aromatic carbocycles. The van der Waals surface area contributed by atoms with Crippen LogP contribution in [0.1, 0.15) is 34.0 Å². The van der Waals surface area contributed by atoms with E-state index in [1.807, 2.05) is 12.1 Å². The lowest BCUT2D eigenvalue weighted by molar-refractivity contribution is -0.116. The number of ether oxygens (including phenoxy) is 4. The summed E-state index contributed by atoms with van der Waals surface area (Å²) in [5.74, 6) is 0.118. The zero-order chi connectivity index (χ0) is 23.7. The molecule has 1 atom stereocenters. The Labute approximate surface area is 190 Å². The molecule has 2 N–H and O–H groups in total. The van der Waals surface area contributed by atoms with Gasteiger partial charge in [-0.25, -0.2) is 4.79 Å². The Morgan fingerprint density at radius 2 is 1.64 bits per heavy atom. The highest BCUT2D eigenvalue weighted by atomic mass is 16.5. The smallest absolute Gasteiger partial charge is 0.339 e. The van der Waals surface area contributed by atoms with E-state index in [4.69, 9.17) is 18.9 Å². The molecule has 0 aliphatic carbocycles. The summed E-state index contributed by atoms with van der Waals surface area (Å²) in [5.41, 5.74) is 2.38. The second-order valence-electron chi connectivity index (χ2n) is 7.44. The van der Waals surface area contributed by atoms with Gasteiger partial charge in [0.2, 0.25) is 11.7 Å². The zero-order valence-electron chi connectivity index (χ0n) is 18.7. The van der Waals surface area contributed by atoms with Gasteiger partial charge in [0.25, 0.3) is 0 Å².